The minimum atomic E-state index is -1.01. The van der Waals surface area contributed by atoms with Crippen LogP contribution in [-0.2, 0) is 28.5 Å². The van der Waals surface area contributed by atoms with Crippen molar-refractivity contribution >= 4 is 18.0 Å². The first-order valence-electron chi connectivity index (χ1n) is 11.7. The van der Waals surface area contributed by atoms with Gasteiger partial charge >= 0.3 is 12.1 Å². The number of rotatable bonds is 8. The number of carbonyl (C=O) groups excluding carboxylic acids is 3. The summed E-state index contributed by atoms with van der Waals surface area (Å²) in [7, 11) is 3.06. The maximum atomic E-state index is 13.6. The van der Waals surface area contributed by atoms with Gasteiger partial charge in [-0.3, -0.25) is 9.69 Å². The van der Waals surface area contributed by atoms with Crippen LogP contribution in [0.15, 0.2) is 12.2 Å². The quantitative estimate of drug-likeness (QED) is 0.416. The summed E-state index contributed by atoms with van der Waals surface area (Å²) < 4.78 is 22.6. The van der Waals surface area contributed by atoms with Crippen LogP contribution in [0.5, 0.6) is 0 Å². The molecule has 0 aromatic rings. The van der Waals surface area contributed by atoms with Crippen LogP contribution in [0, 0.1) is 5.92 Å². The van der Waals surface area contributed by atoms with Crippen molar-refractivity contribution in [1.82, 2.24) is 10.2 Å². The highest BCUT2D eigenvalue weighted by Crippen LogP contribution is 2.39. The fourth-order valence-corrected chi connectivity index (χ4v) is 4.30. The van der Waals surface area contributed by atoms with E-state index in [1.54, 1.807) is 48.5 Å². The second-order valence-electron chi connectivity index (χ2n) is 11.0. The van der Waals surface area contributed by atoms with Crippen LogP contribution in [0.25, 0.3) is 0 Å². The summed E-state index contributed by atoms with van der Waals surface area (Å²) in [4.78, 5) is 40.6. The van der Waals surface area contributed by atoms with Crippen molar-refractivity contribution in [3.8, 4) is 0 Å². The van der Waals surface area contributed by atoms with Gasteiger partial charge in [-0.2, -0.15) is 0 Å². The highest BCUT2D eigenvalue weighted by Gasteiger charge is 2.56. The fraction of sp³-hybridized carbons (Fsp3) is 0.800. The summed E-state index contributed by atoms with van der Waals surface area (Å²) in [5.41, 5.74) is -2.54. The third kappa shape index (κ3) is 7.98. The van der Waals surface area contributed by atoms with Gasteiger partial charge in [-0.05, 0) is 61.8 Å². The van der Waals surface area contributed by atoms with E-state index >= 15 is 0 Å². The van der Waals surface area contributed by atoms with Crippen LogP contribution in [-0.4, -0.2) is 78.6 Å². The zero-order valence-electron chi connectivity index (χ0n) is 22.7. The van der Waals surface area contributed by atoms with E-state index in [2.05, 4.69) is 5.32 Å². The minimum absolute atomic E-state index is 0.146. The van der Waals surface area contributed by atoms with Crippen molar-refractivity contribution in [1.29, 1.82) is 0 Å². The Bertz CT molecular complexity index is 753. The molecule has 0 aliphatic carbocycles. The van der Waals surface area contributed by atoms with Gasteiger partial charge in [-0.15, -0.1) is 0 Å². The zero-order chi connectivity index (χ0) is 26.5. The van der Waals surface area contributed by atoms with Crippen molar-refractivity contribution in [2.24, 2.45) is 5.92 Å². The second-order valence-corrected chi connectivity index (χ2v) is 11.0. The molecule has 5 atom stereocenters. The van der Waals surface area contributed by atoms with E-state index in [0.717, 1.165) is 0 Å². The lowest BCUT2D eigenvalue weighted by molar-refractivity contribution is -0.161. The number of methoxy groups -OCH3 is 2. The molecule has 0 unspecified atom stereocenters. The molecular weight excluding hydrogens is 440 g/mol. The number of nitrogens with one attached hydrogen (secondary N) is 1. The molecule has 0 aromatic heterocycles. The molecule has 1 aliphatic heterocycles. The summed E-state index contributed by atoms with van der Waals surface area (Å²) in [6, 6.07) is -2.27. The van der Waals surface area contributed by atoms with E-state index in [0.29, 0.717) is 6.42 Å². The summed E-state index contributed by atoms with van der Waals surface area (Å²) in [5.74, 6) is -1.10. The lowest BCUT2D eigenvalue weighted by Gasteiger charge is -2.44. The van der Waals surface area contributed by atoms with Crippen molar-refractivity contribution in [2.45, 2.75) is 104 Å². The van der Waals surface area contributed by atoms with Crippen LogP contribution < -0.4 is 5.32 Å². The van der Waals surface area contributed by atoms with E-state index in [9.17, 15) is 14.4 Å². The van der Waals surface area contributed by atoms with Crippen molar-refractivity contribution in [2.75, 3.05) is 20.8 Å². The van der Waals surface area contributed by atoms with Crippen molar-refractivity contribution in [3.63, 3.8) is 0 Å². The van der Waals surface area contributed by atoms with Gasteiger partial charge in [0.2, 0.25) is 5.91 Å². The van der Waals surface area contributed by atoms with E-state index in [-0.39, 0.29) is 18.4 Å². The SMILES string of the molecule is CC=C[C@@H]1C[C@@H](C(=O)OC(C)(C)C)N(C(=O)OC(C)(C)C)[C@H]1[C@@H](NC(C)=O)[C@](C)(COC)OC. The number of esters is 1. The Labute approximate surface area is 204 Å². The summed E-state index contributed by atoms with van der Waals surface area (Å²) in [5, 5.41) is 2.96. The smallest absolute Gasteiger partial charge is 0.411 e. The highest BCUT2D eigenvalue weighted by molar-refractivity contribution is 5.83. The van der Waals surface area contributed by atoms with Gasteiger partial charge in [-0.1, -0.05) is 12.2 Å². The molecule has 9 nitrogen and oxygen atoms in total. The molecule has 0 bridgehead atoms. The van der Waals surface area contributed by atoms with Crippen molar-refractivity contribution < 1.29 is 33.3 Å². The van der Waals surface area contributed by atoms with E-state index in [4.69, 9.17) is 18.9 Å². The number of hydrogen-bond donors (Lipinski definition) is 1. The average Bonchev–Trinajstić information content (AvgIpc) is 3.03. The standard InChI is InChI=1S/C25H44N2O7/c1-12-13-17-14-18(21(29)33-23(3,4)5)27(22(30)34-24(6,7)8)19(17)20(26-16(2)28)25(9,32-11)15-31-10/h12-13,17-20H,14-15H2,1-11H3,(H,26,28)/t17-,18+,19-,20-,25+/m1/s1. The predicted octanol–water partition coefficient (Wildman–Crippen LogP) is 3.45. The van der Waals surface area contributed by atoms with Crippen LogP contribution >= 0.6 is 0 Å². The Morgan fingerprint density at radius 1 is 1.03 bits per heavy atom. The first-order chi connectivity index (χ1) is 15.5. The molecule has 1 heterocycles. The molecule has 1 saturated heterocycles. The number of hydrogen-bond acceptors (Lipinski definition) is 7. The topological polar surface area (TPSA) is 103 Å². The normalized spacial score (nSPS) is 24.0. The molecule has 0 radical (unpaired) electrons. The Hall–Kier alpha value is -2.13. The van der Waals surface area contributed by atoms with Gasteiger partial charge in [0.05, 0.1) is 18.7 Å². The molecule has 34 heavy (non-hydrogen) atoms. The summed E-state index contributed by atoms with van der Waals surface area (Å²) in [6.45, 7) is 15.8. The zero-order valence-corrected chi connectivity index (χ0v) is 22.7. The third-order valence-corrected chi connectivity index (χ3v) is 5.57. The van der Waals surface area contributed by atoms with Gasteiger partial charge in [0.25, 0.3) is 0 Å². The van der Waals surface area contributed by atoms with Gasteiger partial charge in [0.15, 0.2) is 0 Å². The maximum absolute atomic E-state index is 13.6. The highest BCUT2D eigenvalue weighted by atomic mass is 16.6. The monoisotopic (exact) mass is 484 g/mol. The number of nitrogens with zero attached hydrogens (tertiary/aromatic N) is 1. The summed E-state index contributed by atoms with van der Waals surface area (Å²) >= 11 is 0. The molecule has 0 spiro atoms. The van der Waals surface area contributed by atoms with E-state index < -0.39 is 47.0 Å². The van der Waals surface area contributed by atoms with Crippen LogP contribution in [0.2, 0.25) is 0 Å². The molecule has 0 aromatic carbocycles. The average molecular weight is 485 g/mol. The Balaban J connectivity index is 3.72. The largest absolute Gasteiger partial charge is 0.458 e. The molecule has 2 amide bonds. The second kappa shape index (κ2) is 11.5. The first kappa shape index (κ1) is 29.9. The number of ether oxygens (including phenoxy) is 4. The van der Waals surface area contributed by atoms with Crippen LogP contribution in [0.3, 0.4) is 0 Å². The lowest BCUT2D eigenvalue weighted by Crippen LogP contribution is -2.65. The van der Waals surface area contributed by atoms with E-state index in [1.165, 1.54) is 26.0 Å². The Kier molecular flexibility index (Phi) is 10.1. The lowest BCUT2D eigenvalue weighted by atomic mass is 9.83. The molecule has 0 saturated carbocycles. The third-order valence-electron chi connectivity index (χ3n) is 5.57. The molecule has 9 heteroatoms. The number of amides is 2. The molecule has 1 fully saturated rings. The minimum Gasteiger partial charge on any atom is -0.458 e. The first-order valence-corrected chi connectivity index (χ1v) is 11.7. The number of carbonyl (C=O) groups is 3. The fourth-order valence-electron chi connectivity index (χ4n) is 4.30. The van der Waals surface area contributed by atoms with Gasteiger partial charge < -0.3 is 24.3 Å². The maximum Gasteiger partial charge on any atom is 0.411 e. The van der Waals surface area contributed by atoms with Crippen LogP contribution in [0.4, 0.5) is 4.79 Å². The van der Waals surface area contributed by atoms with Gasteiger partial charge in [0.1, 0.15) is 22.8 Å². The number of allylic oxidation sites excluding steroid dienone is 1. The Morgan fingerprint density at radius 2 is 1.59 bits per heavy atom. The molecule has 1 rings (SSSR count). The van der Waals surface area contributed by atoms with Crippen LogP contribution in [0.1, 0.15) is 68.7 Å². The van der Waals surface area contributed by atoms with E-state index in [1.807, 2.05) is 19.1 Å². The Morgan fingerprint density at radius 3 is 2.00 bits per heavy atom. The van der Waals surface area contributed by atoms with Gasteiger partial charge in [0, 0.05) is 27.1 Å². The summed E-state index contributed by atoms with van der Waals surface area (Å²) in [6.07, 6.45) is 3.45. The predicted molar refractivity (Wildman–Crippen MR) is 129 cm³/mol. The molecule has 1 aliphatic rings. The molecule has 1 N–H and O–H groups in total. The van der Waals surface area contributed by atoms with Crippen molar-refractivity contribution in [3.05, 3.63) is 12.2 Å². The molecular formula is C25H44N2O7. The van der Waals surface area contributed by atoms with Gasteiger partial charge in [-0.25, -0.2) is 9.59 Å². The number of likely N-dealkylation sites (tertiary alicyclic amines) is 1. The molecule has 196 valence electrons.